The molecular weight excluding hydrogens is 963 g/mol. The van der Waals surface area contributed by atoms with Crippen LogP contribution in [0.4, 0.5) is 0 Å². The molecule has 79 heavy (non-hydrogen) atoms. The minimum atomic E-state index is 0.586. The van der Waals surface area contributed by atoms with Crippen molar-refractivity contribution >= 4 is 76.2 Å². The zero-order valence-electron chi connectivity index (χ0n) is 42.6. The molecule has 7 heteroatoms. The Kier molecular flexibility index (Phi) is 10.1. The van der Waals surface area contributed by atoms with Crippen LogP contribution in [0, 0.1) is 0 Å². The van der Waals surface area contributed by atoms with Gasteiger partial charge in [-0.25, -0.2) is 19.9 Å². The first-order valence-corrected chi connectivity index (χ1v) is 26.7. The number of pyridine rings is 1. The van der Waals surface area contributed by atoms with Crippen LogP contribution in [0.1, 0.15) is 0 Å². The van der Waals surface area contributed by atoms with Crippen LogP contribution < -0.4 is 0 Å². The molecule has 5 heterocycles. The van der Waals surface area contributed by atoms with Gasteiger partial charge in [0.2, 0.25) is 0 Å². The number of hydrogen-bond donors (Lipinski definition) is 0. The lowest BCUT2D eigenvalue weighted by atomic mass is 9.89. The molecule has 11 aromatic carbocycles. The standard InChI is InChI=1S/C72H45N7/c1-3-23-48(24-4-1)68-73-69(49-25-5-2-6-26-49)75-70(74-68)50-44-42-47(43-45-50)65-66(58-35-21-27-46-22-7-8-28-51(46)58)71(78-61-38-17-11-31-54(61)55-32-12-18-39-62(55)78)76-72(79-63-40-19-13-33-56(63)57-34-14-20-41-64(57)79)67(65)77-59-36-15-9-29-52(59)53-30-10-16-37-60(53)77/h1-45H. The molecule has 0 unspecified atom stereocenters. The first-order chi connectivity index (χ1) is 39.2. The normalized spacial score (nSPS) is 11.8. The number of benzene rings is 11. The fourth-order valence-corrected chi connectivity index (χ4v) is 12.2. The van der Waals surface area contributed by atoms with E-state index in [0.717, 1.165) is 132 Å². The summed E-state index contributed by atoms with van der Waals surface area (Å²) in [6.07, 6.45) is 0. The Morgan fingerprint density at radius 1 is 0.215 bits per heavy atom. The van der Waals surface area contributed by atoms with Gasteiger partial charge in [-0.2, -0.15) is 0 Å². The quantitative estimate of drug-likeness (QED) is 0.152. The predicted molar refractivity (Wildman–Crippen MR) is 325 cm³/mol. The topological polar surface area (TPSA) is 66.3 Å². The predicted octanol–water partition coefficient (Wildman–Crippen LogP) is 18.0. The first-order valence-electron chi connectivity index (χ1n) is 26.7. The summed E-state index contributed by atoms with van der Waals surface area (Å²) >= 11 is 0. The van der Waals surface area contributed by atoms with Gasteiger partial charge < -0.3 is 4.57 Å². The third-order valence-electron chi connectivity index (χ3n) is 15.7. The summed E-state index contributed by atoms with van der Waals surface area (Å²) in [6.45, 7) is 0. The summed E-state index contributed by atoms with van der Waals surface area (Å²) in [5.41, 5.74) is 14.1. The van der Waals surface area contributed by atoms with Crippen LogP contribution in [0.25, 0.3) is 150 Å². The molecular formula is C72H45N7. The van der Waals surface area contributed by atoms with Gasteiger partial charge in [0.05, 0.1) is 38.8 Å². The number of fused-ring (bicyclic) bond motifs is 10. The highest BCUT2D eigenvalue weighted by Gasteiger charge is 2.31. The first kappa shape index (κ1) is 44.5. The van der Waals surface area contributed by atoms with E-state index in [2.05, 4.69) is 250 Å². The monoisotopic (exact) mass is 1010 g/mol. The second kappa shape index (κ2) is 17.9. The van der Waals surface area contributed by atoms with Crippen LogP contribution in [0.15, 0.2) is 273 Å². The Labute approximate surface area is 454 Å². The molecule has 0 aliphatic rings. The molecule has 0 radical (unpaired) electrons. The van der Waals surface area contributed by atoms with E-state index in [1.807, 2.05) is 36.4 Å². The Balaban J connectivity index is 1.11. The molecule has 0 saturated heterocycles. The molecule has 16 aromatic rings. The fourth-order valence-electron chi connectivity index (χ4n) is 12.2. The molecule has 0 saturated carbocycles. The van der Waals surface area contributed by atoms with E-state index in [4.69, 9.17) is 19.9 Å². The number of para-hydroxylation sites is 6. The summed E-state index contributed by atoms with van der Waals surface area (Å²) in [5, 5.41) is 9.18. The minimum Gasteiger partial charge on any atom is -0.305 e. The van der Waals surface area contributed by atoms with E-state index in [0.29, 0.717) is 17.5 Å². The van der Waals surface area contributed by atoms with Crippen molar-refractivity contribution in [1.82, 2.24) is 33.6 Å². The summed E-state index contributed by atoms with van der Waals surface area (Å²) in [5.74, 6) is 3.41. The minimum absolute atomic E-state index is 0.586. The molecule has 368 valence electrons. The van der Waals surface area contributed by atoms with E-state index in [1.165, 1.54) is 0 Å². The van der Waals surface area contributed by atoms with Gasteiger partial charge >= 0.3 is 0 Å². The Morgan fingerprint density at radius 2 is 0.544 bits per heavy atom. The molecule has 0 bridgehead atoms. The second-order valence-corrected chi connectivity index (χ2v) is 20.1. The molecule has 16 rings (SSSR count). The summed E-state index contributed by atoms with van der Waals surface area (Å²) in [4.78, 5) is 21.8. The van der Waals surface area contributed by atoms with Gasteiger partial charge in [0.1, 0.15) is 5.82 Å². The Bertz CT molecular complexity index is 4850. The SMILES string of the molecule is c1ccc(-c2nc(-c3ccccc3)nc(-c3ccc(-c4c(-c5cccc6ccccc56)c(-n5c6ccccc6c6ccccc65)nc(-n5c6ccccc6c6ccccc65)c4-n4c5ccccc5c5ccccc54)cc3)n2)cc1. The Morgan fingerprint density at radius 3 is 0.987 bits per heavy atom. The number of aromatic nitrogens is 7. The highest BCUT2D eigenvalue weighted by atomic mass is 15.2. The smallest absolute Gasteiger partial charge is 0.165 e. The fraction of sp³-hybridized carbons (Fsp3) is 0. The summed E-state index contributed by atoms with van der Waals surface area (Å²) in [6, 6.07) is 97.2. The van der Waals surface area contributed by atoms with Crippen LogP contribution in [0.3, 0.4) is 0 Å². The zero-order chi connectivity index (χ0) is 52.0. The summed E-state index contributed by atoms with van der Waals surface area (Å²) in [7, 11) is 0. The molecule has 0 amide bonds. The van der Waals surface area contributed by atoms with E-state index in [9.17, 15) is 0 Å². The third-order valence-corrected chi connectivity index (χ3v) is 15.7. The highest BCUT2D eigenvalue weighted by Crippen LogP contribution is 2.50. The van der Waals surface area contributed by atoms with E-state index >= 15 is 0 Å². The van der Waals surface area contributed by atoms with Crippen molar-refractivity contribution in [3.63, 3.8) is 0 Å². The van der Waals surface area contributed by atoms with Crippen molar-refractivity contribution < 1.29 is 0 Å². The largest absolute Gasteiger partial charge is 0.305 e. The maximum atomic E-state index is 6.32. The van der Waals surface area contributed by atoms with Crippen molar-refractivity contribution in [1.29, 1.82) is 0 Å². The number of hydrogen-bond acceptors (Lipinski definition) is 4. The van der Waals surface area contributed by atoms with Crippen molar-refractivity contribution in [3.8, 4) is 73.7 Å². The maximum Gasteiger partial charge on any atom is 0.165 e. The van der Waals surface area contributed by atoms with Gasteiger partial charge in [0.25, 0.3) is 0 Å². The summed E-state index contributed by atoms with van der Waals surface area (Å²) < 4.78 is 7.30. The van der Waals surface area contributed by atoms with Gasteiger partial charge in [0, 0.05) is 60.1 Å². The second-order valence-electron chi connectivity index (χ2n) is 20.1. The van der Waals surface area contributed by atoms with Gasteiger partial charge in [0.15, 0.2) is 23.3 Å². The van der Waals surface area contributed by atoms with Crippen LogP contribution in [0.2, 0.25) is 0 Å². The molecule has 0 fully saturated rings. The molecule has 0 atom stereocenters. The van der Waals surface area contributed by atoms with E-state index in [-0.39, 0.29) is 0 Å². The molecule has 0 aliphatic heterocycles. The number of rotatable bonds is 8. The lowest BCUT2D eigenvalue weighted by Crippen LogP contribution is -2.13. The lowest BCUT2D eigenvalue weighted by Gasteiger charge is -2.26. The molecule has 0 spiro atoms. The molecule has 0 aliphatic carbocycles. The van der Waals surface area contributed by atoms with Crippen molar-refractivity contribution in [2.45, 2.75) is 0 Å². The van der Waals surface area contributed by atoms with Gasteiger partial charge in [-0.15, -0.1) is 0 Å². The van der Waals surface area contributed by atoms with Crippen molar-refractivity contribution in [3.05, 3.63) is 273 Å². The molecule has 5 aromatic heterocycles. The van der Waals surface area contributed by atoms with Gasteiger partial charge in [-0.1, -0.05) is 237 Å². The number of nitrogens with zero attached hydrogens (tertiary/aromatic N) is 7. The van der Waals surface area contributed by atoms with Crippen LogP contribution in [0.5, 0.6) is 0 Å². The van der Waals surface area contributed by atoms with Gasteiger partial charge in [-0.3, -0.25) is 9.13 Å². The lowest BCUT2D eigenvalue weighted by molar-refractivity contribution is 0.987. The van der Waals surface area contributed by atoms with Crippen LogP contribution in [-0.2, 0) is 0 Å². The molecule has 7 nitrogen and oxygen atoms in total. The van der Waals surface area contributed by atoms with Crippen molar-refractivity contribution in [2.24, 2.45) is 0 Å². The maximum absolute atomic E-state index is 6.32. The van der Waals surface area contributed by atoms with Gasteiger partial charge in [-0.05, 0) is 58.3 Å². The van der Waals surface area contributed by atoms with E-state index < -0.39 is 0 Å². The van der Waals surface area contributed by atoms with Crippen LogP contribution >= 0.6 is 0 Å². The third kappa shape index (κ3) is 7.00. The van der Waals surface area contributed by atoms with E-state index in [1.54, 1.807) is 0 Å². The van der Waals surface area contributed by atoms with Crippen molar-refractivity contribution in [2.75, 3.05) is 0 Å². The highest BCUT2D eigenvalue weighted by molar-refractivity contribution is 6.15. The average Bonchev–Trinajstić information content (AvgIpc) is 3.96. The zero-order valence-corrected chi connectivity index (χ0v) is 42.6. The van der Waals surface area contributed by atoms with Crippen LogP contribution in [-0.4, -0.2) is 33.6 Å². The average molecular weight is 1010 g/mol. The molecule has 0 N–H and O–H groups in total. The Hall–Kier alpha value is -10.8.